The molecule has 13 heavy (non-hydrogen) atoms. The standard InChI is InChI=1S/2C3H5IO2.Zn/c2*1-2(4)3(5)6;/h2*2H,1H3,(H,5,6);/q;;+2/p-2. The molecule has 7 heteroatoms. The molecule has 0 spiro atoms. The Bertz CT molecular complexity index is 143. The average Bonchev–Trinajstić information content (AvgIpc) is 1.88. The molecular weight excluding hydrogens is 455 g/mol. The van der Waals surface area contributed by atoms with Gasteiger partial charge in [-0.2, -0.15) is 0 Å². The maximum absolute atomic E-state index is 9.58. The van der Waals surface area contributed by atoms with E-state index in [1.165, 1.54) is 0 Å². The summed E-state index contributed by atoms with van der Waals surface area (Å²) < 4.78 is -0.745. The molecule has 0 heterocycles. The van der Waals surface area contributed by atoms with Gasteiger partial charge in [0.15, 0.2) is 0 Å². The Balaban J connectivity index is -0.000000143. The molecule has 0 rings (SSSR count). The fourth-order valence-corrected chi connectivity index (χ4v) is 0. The Kier molecular flexibility index (Phi) is 16.7. The maximum atomic E-state index is 9.58. The van der Waals surface area contributed by atoms with Gasteiger partial charge in [-0.15, -0.1) is 0 Å². The quantitative estimate of drug-likeness (QED) is 0.303. The van der Waals surface area contributed by atoms with Crippen molar-refractivity contribution in [3.63, 3.8) is 0 Å². The third-order valence-corrected chi connectivity index (χ3v) is 1.67. The van der Waals surface area contributed by atoms with Crippen LogP contribution in [0.1, 0.15) is 13.8 Å². The van der Waals surface area contributed by atoms with Crippen LogP contribution in [0.2, 0.25) is 0 Å². The van der Waals surface area contributed by atoms with Crippen molar-refractivity contribution in [1.29, 1.82) is 0 Å². The molecule has 0 saturated heterocycles. The number of carbonyl (C=O) groups excluding carboxylic acids is 2. The number of carboxylic acid groups (broad SMARTS) is 2. The van der Waals surface area contributed by atoms with E-state index in [0.29, 0.717) is 0 Å². The smallest absolute Gasteiger partial charge is 0.549 e. The van der Waals surface area contributed by atoms with Crippen molar-refractivity contribution in [2.75, 3.05) is 0 Å². The number of hydrogen-bond donors (Lipinski definition) is 0. The minimum Gasteiger partial charge on any atom is -0.549 e. The van der Waals surface area contributed by atoms with Crippen LogP contribution in [0.5, 0.6) is 0 Å². The number of hydrogen-bond acceptors (Lipinski definition) is 4. The minimum absolute atomic E-state index is 0. The molecule has 4 nitrogen and oxygen atoms in total. The molecule has 0 aromatic carbocycles. The van der Waals surface area contributed by atoms with Crippen LogP contribution in [-0.4, -0.2) is 19.8 Å². The van der Waals surface area contributed by atoms with Gasteiger partial charge in [-0.3, -0.25) is 0 Å². The van der Waals surface area contributed by atoms with Crippen molar-refractivity contribution in [3.8, 4) is 0 Å². The first kappa shape index (κ1) is 19.6. The number of alkyl halides is 2. The van der Waals surface area contributed by atoms with Crippen LogP contribution in [0.25, 0.3) is 0 Å². The van der Waals surface area contributed by atoms with Crippen LogP contribution in [-0.2, 0) is 29.1 Å². The van der Waals surface area contributed by atoms with E-state index in [0.717, 1.165) is 0 Å². The van der Waals surface area contributed by atoms with Crippen molar-refractivity contribution in [3.05, 3.63) is 0 Å². The predicted octanol–water partition coefficient (Wildman–Crippen LogP) is -0.883. The van der Waals surface area contributed by atoms with Crippen LogP contribution in [0.15, 0.2) is 0 Å². The summed E-state index contributed by atoms with van der Waals surface area (Å²) in [6, 6.07) is 0. The molecule has 0 fully saturated rings. The first-order valence-electron chi connectivity index (χ1n) is 2.98. The van der Waals surface area contributed by atoms with Crippen LogP contribution in [0.4, 0.5) is 0 Å². The van der Waals surface area contributed by atoms with E-state index in [1.807, 2.05) is 0 Å². The fourth-order valence-electron chi connectivity index (χ4n) is 0. The zero-order valence-corrected chi connectivity index (χ0v) is 14.5. The van der Waals surface area contributed by atoms with Gasteiger partial charge in [0.05, 0.1) is 11.9 Å². The van der Waals surface area contributed by atoms with E-state index < -0.39 is 11.9 Å². The SMILES string of the molecule is CC(I)C(=O)[O-].CC(I)C(=O)[O-].[Zn+2]. The second-order valence-electron chi connectivity index (χ2n) is 1.87. The third-order valence-electron chi connectivity index (χ3n) is 0.650. The van der Waals surface area contributed by atoms with Crippen LogP contribution >= 0.6 is 45.2 Å². The van der Waals surface area contributed by atoms with Gasteiger partial charge in [-0.1, -0.05) is 45.2 Å². The largest absolute Gasteiger partial charge is 2.00 e. The molecule has 0 aliphatic carbocycles. The summed E-state index contributed by atoms with van der Waals surface area (Å²) in [6.45, 7) is 3.13. The molecule has 0 aliphatic rings. The Labute approximate surface area is 117 Å². The molecule has 0 amide bonds. The Morgan fingerprint density at radius 1 is 1.00 bits per heavy atom. The molecule has 0 radical (unpaired) electrons. The normalized spacial score (nSPS) is 12.6. The Morgan fingerprint density at radius 2 is 1.08 bits per heavy atom. The molecule has 0 saturated carbocycles. The summed E-state index contributed by atoms with van der Waals surface area (Å²) in [7, 11) is 0. The van der Waals surface area contributed by atoms with Crippen molar-refractivity contribution < 1.29 is 39.3 Å². The summed E-state index contributed by atoms with van der Waals surface area (Å²) in [4.78, 5) is 19.2. The summed E-state index contributed by atoms with van der Waals surface area (Å²) in [6.07, 6.45) is 0. The van der Waals surface area contributed by atoms with E-state index in [-0.39, 0.29) is 27.3 Å². The summed E-state index contributed by atoms with van der Waals surface area (Å²) in [5.41, 5.74) is 0. The molecule has 0 aromatic rings. The zero-order chi connectivity index (χ0) is 10.3. The molecule has 2 atom stereocenters. The van der Waals surface area contributed by atoms with Gasteiger partial charge in [0.25, 0.3) is 0 Å². The number of halogens is 2. The van der Waals surface area contributed by atoms with Gasteiger partial charge in [-0.05, 0) is 13.8 Å². The van der Waals surface area contributed by atoms with Crippen molar-refractivity contribution in [2.24, 2.45) is 0 Å². The first-order chi connectivity index (χ1) is 5.29. The maximum Gasteiger partial charge on any atom is 2.00 e. The predicted molar refractivity (Wildman–Crippen MR) is 57.0 cm³/mol. The van der Waals surface area contributed by atoms with E-state index in [1.54, 1.807) is 59.0 Å². The average molecular weight is 463 g/mol. The summed E-state index contributed by atoms with van der Waals surface area (Å²) in [5, 5.41) is 19.2. The second kappa shape index (κ2) is 11.1. The number of carboxylic acids is 2. The number of aliphatic carboxylic acids is 2. The molecule has 0 N–H and O–H groups in total. The van der Waals surface area contributed by atoms with E-state index >= 15 is 0 Å². The summed E-state index contributed by atoms with van der Waals surface area (Å²) >= 11 is 3.54. The molecule has 0 aliphatic heterocycles. The number of carbonyl (C=O) groups is 2. The van der Waals surface area contributed by atoms with Crippen molar-refractivity contribution in [1.82, 2.24) is 0 Å². The van der Waals surface area contributed by atoms with E-state index in [9.17, 15) is 19.8 Å². The van der Waals surface area contributed by atoms with Gasteiger partial charge in [-0.25, -0.2) is 0 Å². The second-order valence-corrected chi connectivity index (χ2v) is 5.61. The van der Waals surface area contributed by atoms with Crippen molar-refractivity contribution in [2.45, 2.75) is 21.7 Å². The Morgan fingerprint density at radius 3 is 1.08 bits per heavy atom. The molecular formula is C6H8I2O4Zn. The topological polar surface area (TPSA) is 80.3 Å². The Hall–Kier alpha value is 1.02. The van der Waals surface area contributed by atoms with Crippen LogP contribution in [0.3, 0.4) is 0 Å². The van der Waals surface area contributed by atoms with Crippen LogP contribution < -0.4 is 10.2 Å². The summed E-state index contributed by atoms with van der Waals surface area (Å²) in [5.74, 6) is -2.01. The van der Waals surface area contributed by atoms with E-state index in [2.05, 4.69) is 0 Å². The molecule has 0 aromatic heterocycles. The van der Waals surface area contributed by atoms with Gasteiger partial charge in [0.2, 0.25) is 0 Å². The van der Waals surface area contributed by atoms with Gasteiger partial charge < -0.3 is 19.8 Å². The monoisotopic (exact) mass is 462 g/mol. The fraction of sp³-hybridized carbons (Fsp3) is 0.667. The molecule has 0 bridgehead atoms. The minimum atomic E-state index is -1.00. The van der Waals surface area contributed by atoms with Crippen molar-refractivity contribution >= 4 is 57.1 Å². The number of rotatable bonds is 2. The molecule has 72 valence electrons. The third kappa shape index (κ3) is 19.4. The zero-order valence-electron chi connectivity index (χ0n) is 7.25. The van der Waals surface area contributed by atoms with Gasteiger partial charge >= 0.3 is 19.5 Å². The van der Waals surface area contributed by atoms with Crippen LogP contribution in [0, 0.1) is 0 Å². The molecule has 2 unspecified atom stereocenters. The van der Waals surface area contributed by atoms with E-state index in [4.69, 9.17) is 0 Å². The first-order valence-corrected chi connectivity index (χ1v) is 5.48. The van der Waals surface area contributed by atoms with Gasteiger partial charge in [0.1, 0.15) is 0 Å². The van der Waals surface area contributed by atoms with Gasteiger partial charge in [0, 0.05) is 7.85 Å².